The minimum absolute atomic E-state index is 0.0884. The zero-order chi connectivity index (χ0) is 43.3. The maximum Gasteiger partial charge on any atom is 0.246 e. The molecular weight excluding hydrogens is 968 g/mol. The average molecular weight is 1010 g/mol. The van der Waals surface area contributed by atoms with Crippen molar-refractivity contribution in [2.75, 3.05) is 83.5 Å². The molecule has 2 saturated heterocycles. The smallest absolute Gasteiger partial charge is 0.246 e. The average Bonchev–Trinajstić information content (AvgIpc) is 3.99. The normalized spacial score (nSPS) is 15.2. The number of hydrogen-bond donors (Lipinski definition) is 0. The zero-order valence-corrected chi connectivity index (χ0v) is 39.6. The van der Waals surface area contributed by atoms with Crippen molar-refractivity contribution in [2.24, 2.45) is 0 Å². The van der Waals surface area contributed by atoms with Gasteiger partial charge in [0.2, 0.25) is 20.0 Å². The van der Waals surface area contributed by atoms with Gasteiger partial charge in [0.25, 0.3) is 0 Å². The van der Waals surface area contributed by atoms with Crippen LogP contribution >= 0.6 is 61.8 Å². The summed E-state index contributed by atoms with van der Waals surface area (Å²) in [5.41, 5.74) is 3.81. The highest BCUT2D eigenvalue weighted by Gasteiger charge is 2.33. The monoisotopic (exact) mass is 1010 g/mol. The van der Waals surface area contributed by atoms with E-state index >= 15 is 0 Å². The molecule has 0 spiro atoms. The van der Waals surface area contributed by atoms with E-state index in [4.69, 9.17) is 47.4 Å². The highest BCUT2D eigenvalue weighted by molar-refractivity contribution is 9.10. The summed E-state index contributed by atoms with van der Waals surface area (Å²) < 4.78 is 72.3. The van der Waals surface area contributed by atoms with Gasteiger partial charge in [0.15, 0.2) is 10.3 Å². The van der Waals surface area contributed by atoms with Crippen LogP contribution in [0.4, 0.5) is 10.3 Å². The molecule has 13 nitrogen and oxygen atoms in total. The van der Waals surface area contributed by atoms with Gasteiger partial charge in [0, 0.05) is 88.8 Å². The van der Waals surface area contributed by atoms with Crippen LogP contribution in [-0.2, 0) is 20.0 Å². The van der Waals surface area contributed by atoms with E-state index < -0.39 is 20.0 Å². The number of nitrogens with zero attached hydrogens (tertiary/aromatic N) is 6. The minimum Gasteiger partial charge on any atom is -0.497 e. The second kappa shape index (κ2) is 19.6. The first-order valence-corrected chi connectivity index (χ1v) is 25.0. The first-order valence-electron chi connectivity index (χ1n) is 18.8. The lowest BCUT2D eigenvalue weighted by molar-refractivity contribution is 0.373. The molecule has 2 aliphatic heterocycles. The summed E-state index contributed by atoms with van der Waals surface area (Å²) in [6.45, 7) is 3.66. The lowest BCUT2D eigenvalue weighted by Gasteiger charge is -2.34. The fourth-order valence-electron chi connectivity index (χ4n) is 6.74. The van der Waals surface area contributed by atoms with Gasteiger partial charge in [-0.1, -0.05) is 63.4 Å². The molecule has 0 bridgehead atoms. The van der Waals surface area contributed by atoms with Gasteiger partial charge in [-0.25, -0.2) is 26.8 Å². The Bertz CT molecular complexity index is 2710. The predicted molar refractivity (Wildman–Crippen MR) is 247 cm³/mol. The van der Waals surface area contributed by atoms with Crippen molar-refractivity contribution in [1.82, 2.24) is 18.6 Å². The molecule has 61 heavy (non-hydrogen) atoms. The summed E-state index contributed by atoms with van der Waals surface area (Å²) in [7, 11) is -2.88. The van der Waals surface area contributed by atoms with Gasteiger partial charge >= 0.3 is 0 Å². The molecule has 2 aliphatic rings. The maximum absolute atomic E-state index is 13.2. The quantitative estimate of drug-likeness (QED) is 0.123. The number of aromatic nitrogens is 2. The second-order valence-corrected chi connectivity index (χ2v) is 20.9. The van der Waals surface area contributed by atoms with E-state index in [1.807, 2.05) is 59.3 Å². The Labute approximate surface area is 382 Å². The van der Waals surface area contributed by atoms with Crippen molar-refractivity contribution in [3.8, 4) is 39.8 Å². The van der Waals surface area contributed by atoms with E-state index in [0.717, 1.165) is 43.0 Å². The topological polar surface area (TPSA) is 135 Å². The highest BCUT2D eigenvalue weighted by Crippen LogP contribution is 2.35. The molecule has 6 aromatic rings. The lowest BCUT2D eigenvalue weighted by atomic mass is 10.2. The van der Waals surface area contributed by atoms with E-state index in [1.54, 1.807) is 54.0 Å². The van der Waals surface area contributed by atoms with Crippen LogP contribution in [0.25, 0.3) is 22.5 Å². The van der Waals surface area contributed by atoms with Crippen LogP contribution < -0.4 is 24.0 Å². The lowest BCUT2D eigenvalue weighted by Crippen LogP contribution is -2.48. The minimum atomic E-state index is -3.71. The summed E-state index contributed by atoms with van der Waals surface area (Å²) in [5, 5.41) is 6.50. The van der Waals surface area contributed by atoms with Crippen LogP contribution in [0.3, 0.4) is 0 Å². The molecule has 0 atom stereocenters. The Morgan fingerprint density at radius 3 is 1.44 bits per heavy atom. The number of benzene rings is 4. The number of rotatable bonds is 11. The van der Waals surface area contributed by atoms with Crippen molar-refractivity contribution < 1.29 is 31.0 Å². The van der Waals surface area contributed by atoms with Crippen LogP contribution in [0.2, 0.25) is 10.0 Å². The van der Waals surface area contributed by atoms with E-state index in [-0.39, 0.29) is 15.5 Å². The Kier molecular flexibility index (Phi) is 14.5. The zero-order valence-electron chi connectivity index (χ0n) is 33.2. The molecule has 322 valence electrons. The third kappa shape index (κ3) is 10.3. The van der Waals surface area contributed by atoms with Crippen LogP contribution in [0.15, 0.2) is 110 Å². The molecule has 0 N–H and O–H groups in total. The number of ether oxygens (including phenoxy) is 3. The Morgan fingerprint density at radius 1 is 0.574 bits per heavy atom. The summed E-state index contributed by atoms with van der Waals surface area (Å²) in [6.07, 6.45) is 0. The van der Waals surface area contributed by atoms with Gasteiger partial charge in [-0.05, 0) is 60.7 Å². The molecule has 0 saturated carbocycles. The second-order valence-electron chi connectivity index (χ2n) is 13.6. The largest absolute Gasteiger partial charge is 0.497 e. The number of sulfonamides is 2. The van der Waals surface area contributed by atoms with Gasteiger partial charge in [0.1, 0.15) is 27.0 Å². The van der Waals surface area contributed by atoms with Gasteiger partial charge in [0.05, 0.1) is 32.7 Å². The summed E-state index contributed by atoms with van der Waals surface area (Å²) in [5.74, 6) is 1.36. The molecule has 0 amide bonds. The number of anilines is 2. The first kappa shape index (κ1) is 45.1. The molecule has 2 aromatic heterocycles. The fourth-order valence-corrected chi connectivity index (χ4v) is 12.6. The van der Waals surface area contributed by atoms with Crippen LogP contribution in [0.1, 0.15) is 0 Å². The van der Waals surface area contributed by atoms with Crippen molar-refractivity contribution >= 4 is 92.1 Å². The molecule has 8 rings (SSSR count). The van der Waals surface area contributed by atoms with Gasteiger partial charge in [-0.3, -0.25) is 0 Å². The van der Waals surface area contributed by atoms with Crippen molar-refractivity contribution in [3.05, 3.63) is 110 Å². The molecule has 0 radical (unpaired) electrons. The molecule has 4 aromatic carbocycles. The Morgan fingerprint density at radius 2 is 1.02 bits per heavy atom. The molecule has 20 heteroatoms. The summed E-state index contributed by atoms with van der Waals surface area (Å²) in [6, 6.07) is 25.0. The molecule has 2 fully saturated rings. The van der Waals surface area contributed by atoms with E-state index in [9.17, 15) is 16.8 Å². The van der Waals surface area contributed by atoms with Crippen LogP contribution in [-0.4, -0.2) is 109 Å². The Hall–Kier alpha value is -3.98. The maximum atomic E-state index is 13.2. The standard InChI is InChI=1S/C21H22ClN3O4S2.C20H19BrClN3O3S2/c1-28-17-5-3-4-15(12-17)18-14-30-21(23-18)24-8-10-25(11-9-24)31(26,27)20-13-16(22)6-7-19(20)29-2;1-28-18-6-5-16(22)12-19(18)30(26,27)25-9-7-24(8-10-25)20-23-17(13-29-20)14-3-2-4-15(21)11-14/h3-7,12-14H,8-11H2,1-2H3;2-6,11-13H,7-10H2,1H3. The summed E-state index contributed by atoms with van der Waals surface area (Å²) >= 11 is 18.7. The van der Waals surface area contributed by atoms with E-state index in [1.165, 1.54) is 35.0 Å². The summed E-state index contributed by atoms with van der Waals surface area (Å²) in [4.78, 5) is 13.9. The Balaban J connectivity index is 0.000000184. The van der Waals surface area contributed by atoms with Crippen LogP contribution in [0.5, 0.6) is 17.2 Å². The van der Waals surface area contributed by atoms with Crippen LogP contribution in [0, 0.1) is 0 Å². The van der Waals surface area contributed by atoms with Crippen molar-refractivity contribution in [2.45, 2.75) is 9.79 Å². The van der Waals surface area contributed by atoms with E-state index in [2.05, 4.69) is 25.7 Å². The molecular formula is C41H41BrCl2N6O7S4. The number of halogens is 3. The first-order chi connectivity index (χ1) is 29.3. The van der Waals surface area contributed by atoms with Gasteiger partial charge in [-0.15, -0.1) is 22.7 Å². The van der Waals surface area contributed by atoms with Crippen molar-refractivity contribution in [1.29, 1.82) is 0 Å². The number of piperazine rings is 2. The molecule has 0 aliphatic carbocycles. The van der Waals surface area contributed by atoms with Crippen molar-refractivity contribution in [3.63, 3.8) is 0 Å². The number of thiazole rings is 2. The van der Waals surface area contributed by atoms with E-state index in [0.29, 0.717) is 68.2 Å². The third-order valence-electron chi connectivity index (χ3n) is 9.98. The SMILES string of the molecule is COc1ccc(Cl)cc1S(=O)(=O)N1CCN(c2nc(-c3cccc(Br)c3)cs2)CC1.COc1cccc(-c2csc(N3CCN(S(=O)(=O)c4cc(Cl)ccc4OC)CC3)n2)c1. The third-order valence-corrected chi connectivity index (χ3v) is 16.6. The molecule has 4 heterocycles. The number of methoxy groups -OCH3 is 3. The van der Waals surface area contributed by atoms with Gasteiger partial charge < -0.3 is 24.0 Å². The molecule has 0 unspecified atom stereocenters. The number of hydrogen-bond acceptors (Lipinski definition) is 13. The predicted octanol–water partition coefficient (Wildman–Crippen LogP) is 8.74. The highest BCUT2D eigenvalue weighted by atomic mass is 79.9. The fraction of sp³-hybridized carbons (Fsp3) is 0.268. The van der Waals surface area contributed by atoms with Gasteiger partial charge in [-0.2, -0.15) is 8.61 Å².